The highest BCUT2D eigenvalue weighted by Crippen LogP contribution is 2.20. The lowest BCUT2D eigenvalue weighted by molar-refractivity contribution is -0.0499. The molecule has 0 aromatic heterocycles. The van der Waals surface area contributed by atoms with Crippen molar-refractivity contribution in [2.75, 3.05) is 7.11 Å². The van der Waals surface area contributed by atoms with Crippen LogP contribution < -0.4 is 4.74 Å². The van der Waals surface area contributed by atoms with Gasteiger partial charge >= 0.3 is 12.6 Å². The van der Waals surface area contributed by atoms with Gasteiger partial charge in [0.25, 0.3) is 0 Å². The van der Waals surface area contributed by atoms with E-state index in [1.807, 2.05) is 0 Å². The van der Waals surface area contributed by atoms with E-state index < -0.39 is 12.6 Å². The van der Waals surface area contributed by atoms with Gasteiger partial charge in [0, 0.05) is 0 Å². The molecule has 1 N–H and O–H groups in total. The zero-order chi connectivity index (χ0) is 12.1. The summed E-state index contributed by atoms with van der Waals surface area (Å²) in [5, 5.41) is 8.94. The molecule has 0 fully saturated rings. The highest BCUT2D eigenvalue weighted by atomic mass is 19.3. The van der Waals surface area contributed by atoms with E-state index in [1.54, 1.807) is 0 Å². The van der Waals surface area contributed by atoms with Gasteiger partial charge in [0.05, 0.1) is 19.3 Å². The lowest BCUT2D eigenvalue weighted by Gasteiger charge is -2.09. The average Bonchev–Trinajstić information content (AvgIpc) is 2.27. The van der Waals surface area contributed by atoms with Crippen LogP contribution in [0.5, 0.6) is 5.75 Å². The van der Waals surface area contributed by atoms with Crippen molar-refractivity contribution in [1.29, 1.82) is 0 Å². The second kappa shape index (κ2) is 5.41. The van der Waals surface area contributed by atoms with Gasteiger partial charge in [-0.25, -0.2) is 4.79 Å². The molecule has 6 heteroatoms. The van der Waals surface area contributed by atoms with E-state index in [1.165, 1.54) is 12.1 Å². The molecule has 4 nitrogen and oxygen atoms in total. The Balaban J connectivity index is 3.06. The first kappa shape index (κ1) is 12.4. The fourth-order valence-electron chi connectivity index (χ4n) is 1.17. The normalized spacial score (nSPS) is 10.3. The summed E-state index contributed by atoms with van der Waals surface area (Å²) < 4.78 is 32.4. The molecule has 0 aliphatic rings. The molecular formula is C10H10F2O4. The fraction of sp³-hybridized carbons (Fsp3) is 0.300. The number of carbonyl (C=O) groups is 1. The number of methoxy groups -OCH3 is 1. The van der Waals surface area contributed by atoms with Crippen LogP contribution in [-0.2, 0) is 11.3 Å². The Kier molecular flexibility index (Phi) is 4.19. The van der Waals surface area contributed by atoms with Crippen LogP contribution in [0, 0.1) is 0 Å². The summed E-state index contributed by atoms with van der Waals surface area (Å²) in [6.45, 7) is -3.36. The smallest absolute Gasteiger partial charge is 0.387 e. The summed E-state index contributed by atoms with van der Waals surface area (Å²) in [6.07, 6.45) is 0. The summed E-state index contributed by atoms with van der Waals surface area (Å²) >= 11 is 0. The van der Waals surface area contributed by atoms with Crippen molar-refractivity contribution < 1.29 is 28.2 Å². The van der Waals surface area contributed by atoms with Crippen LogP contribution in [0.3, 0.4) is 0 Å². The summed E-state index contributed by atoms with van der Waals surface area (Å²) in [5.41, 5.74) is 0.289. The average molecular weight is 232 g/mol. The van der Waals surface area contributed by atoms with Crippen LogP contribution in [0.25, 0.3) is 0 Å². The molecule has 0 atom stereocenters. The summed E-state index contributed by atoms with van der Waals surface area (Å²) in [4.78, 5) is 11.3. The minimum absolute atomic E-state index is 0.00292. The largest absolute Gasteiger partial charge is 0.465 e. The van der Waals surface area contributed by atoms with Gasteiger partial charge in [-0.3, -0.25) is 0 Å². The second-order valence-corrected chi connectivity index (χ2v) is 2.85. The van der Waals surface area contributed by atoms with Crippen molar-refractivity contribution in [2.45, 2.75) is 13.2 Å². The number of rotatable bonds is 4. The molecule has 1 aromatic rings. The molecule has 1 rings (SSSR count). The number of alkyl halides is 2. The molecule has 0 amide bonds. The second-order valence-electron chi connectivity index (χ2n) is 2.85. The van der Waals surface area contributed by atoms with Crippen molar-refractivity contribution >= 4 is 5.97 Å². The van der Waals surface area contributed by atoms with E-state index in [-0.39, 0.29) is 23.5 Å². The van der Waals surface area contributed by atoms with Crippen molar-refractivity contribution in [2.24, 2.45) is 0 Å². The van der Waals surface area contributed by atoms with Crippen LogP contribution in [0.15, 0.2) is 18.2 Å². The van der Waals surface area contributed by atoms with Crippen molar-refractivity contribution in [3.8, 4) is 5.75 Å². The van der Waals surface area contributed by atoms with Gasteiger partial charge in [0.1, 0.15) is 5.75 Å². The molecule has 0 heterocycles. The van der Waals surface area contributed by atoms with Crippen molar-refractivity contribution in [3.63, 3.8) is 0 Å². The Morgan fingerprint density at radius 3 is 2.69 bits per heavy atom. The van der Waals surface area contributed by atoms with Crippen LogP contribution in [0.2, 0.25) is 0 Å². The first-order valence-corrected chi connectivity index (χ1v) is 4.35. The third-order valence-electron chi connectivity index (χ3n) is 1.88. The van der Waals surface area contributed by atoms with E-state index in [0.717, 1.165) is 13.2 Å². The predicted molar refractivity (Wildman–Crippen MR) is 50.3 cm³/mol. The topological polar surface area (TPSA) is 55.8 Å². The summed E-state index contributed by atoms with van der Waals surface area (Å²) in [6, 6.07) is 3.66. The quantitative estimate of drug-likeness (QED) is 0.800. The SMILES string of the molecule is COC(=O)c1cc(OC(F)F)ccc1CO. The number of esters is 1. The highest BCUT2D eigenvalue weighted by molar-refractivity contribution is 5.91. The molecule has 0 radical (unpaired) electrons. The van der Waals surface area contributed by atoms with Gasteiger partial charge in [-0.15, -0.1) is 0 Å². The van der Waals surface area contributed by atoms with E-state index >= 15 is 0 Å². The van der Waals surface area contributed by atoms with Crippen LogP contribution in [0.4, 0.5) is 8.78 Å². The molecule has 16 heavy (non-hydrogen) atoms. The standard InChI is InChI=1S/C10H10F2O4/c1-15-9(14)8-4-7(16-10(11)12)3-2-6(8)5-13/h2-4,10,13H,5H2,1H3. The number of hydrogen-bond acceptors (Lipinski definition) is 4. The zero-order valence-electron chi connectivity index (χ0n) is 8.44. The number of benzene rings is 1. The molecule has 0 spiro atoms. The maximum Gasteiger partial charge on any atom is 0.387 e. The van der Waals surface area contributed by atoms with Gasteiger partial charge in [-0.2, -0.15) is 8.78 Å². The maximum atomic E-state index is 11.9. The minimum atomic E-state index is -2.97. The Morgan fingerprint density at radius 2 is 2.19 bits per heavy atom. The number of aliphatic hydroxyl groups excluding tert-OH is 1. The molecule has 0 saturated carbocycles. The lowest BCUT2D eigenvalue weighted by Crippen LogP contribution is -2.08. The summed E-state index contributed by atoms with van der Waals surface area (Å²) in [5.74, 6) is -0.878. The van der Waals surface area contributed by atoms with Crippen LogP contribution in [0.1, 0.15) is 15.9 Å². The Morgan fingerprint density at radius 1 is 1.50 bits per heavy atom. The fourth-order valence-corrected chi connectivity index (χ4v) is 1.17. The Labute approximate surface area is 90.4 Å². The van der Waals surface area contributed by atoms with Gasteiger partial charge in [-0.1, -0.05) is 6.07 Å². The number of ether oxygens (including phenoxy) is 2. The molecule has 0 bridgehead atoms. The monoisotopic (exact) mass is 232 g/mol. The molecule has 0 unspecified atom stereocenters. The Hall–Kier alpha value is -1.69. The van der Waals surface area contributed by atoms with E-state index in [4.69, 9.17) is 5.11 Å². The third-order valence-corrected chi connectivity index (χ3v) is 1.88. The third kappa shape index (κ3) is 2.90. The summed E-state index contributed by atoms with van der Waals surface area (Å²) in [7, 11) is 1.16. The van der Waals surface area contributed by atoms with Gasteiger partial charge in [-0.05, 0) is 17.7 Å². The van der Waals surface area contributed by atoms with Gasteiger partial charge in [0.2, 0.25) is 0 Å². The van der Waals surface area contributed by atoms with E-state index in [9.17, 15) is 13.6 Å². The molecular weight excluding hydrogens is 222 g/mol. The molecule has 0 saturated heterocycles. The van der Waals surface area contributed by atoms with Gasteiger partial charge < -0.3 is 14.6 Å². The number of halogens is 2. The van der Waals surface area contributed by atoms with E-state index in [2.05, 4.69) is 9.47 Å². The first-order chi connectivity index (χ1) is 7.58. The van der Waals surface area contributed by atoms with E-state index in [0.29, 0.717) is 0 Å². The minimum Gasteiger partial charge on any atom is -0.465 e. The van der Waals surface area contributed by atoms with Crippen molar-refractivity contribution in [3.05, 3.63) is 29.3 Å². The highest BCUT2D eigenvalue weighted by Gasteiger charge is 2.14. The zero-order valence-corrected chi connectivity index (χ0v) is 8.44. The first-order valence-electron chi connectivity index (χ1n) is 4.35. The van der Waals surface area contributed by atoms with Crippen LogP contribution >= 0.6 is 0 Å². The number of aliphatic hydroxyl groups is 1. The van der Waals surface area contributed by atoms with Crippen LogP contribution in [-0.4, -0.2) is 24.8 Å². The molecule has 0 aliphatic heterocycles. The number of hydrogen-bond donors (Lipinski definition) is 1. The molecule has 0 aliphatic carbocycles. The number of carbonyl (C=O) groups excluding carboxylic acids is 1. The predicted octanol–water partition coefficient (Wildman–Crippen LogP) is 1.57. The molecule has 1 aromatic carbocycles. The molecule has 88 valence electrons. The lowest BCUT2D eigenvalue weighted by atomic mass is 10.1. The Bertz CT molecular complexity index is 379. The van der Waals surface area contributed by atoms with Gasteiger partial charge in [0.15, 0.2) is 0 Å². The van der Waals surface area contributed by atoms with Crippen molar-refractivity contribution in [1.82, 2.24) is 0 Å². The maximum absolute atomic E-state index is 11.9.